The van der Waals surface area contributed by atoms with E-state index in [1.54, 1.807) is 12.4 Å². The number of rotatable bonds is 0. The van der Waals surface area contributed by atoms with E-state index in [0.717, 1.165) is 24.3 Å². The number of aromatic nitrogens is 2. The maximum absolute atomic E-state index is 4.16. The predicted octanol–water partition coefficient (Wildman–Crippen LogP) is 0.321. The second-order valence-electron chi connectivity index (χ2n) is 2.32. The Morgan fingerprint density at radius 1 is 1.27 bits per heavy atom. The summed E-state index contributed by atoms with van der Waals surface area (Å²) in [4.78, 5) is 4.16. The zero-order valence-corrected chi connectivity index (χ0v) is 5.99. The van der Waals surface area contributed by atoms with Crippen molar-refractivity contribution in [1.29, 1.82) is 0 Å². The highest BCUT2D eigenvalue weighted by molar-refractivity contribution is 5.87. The van der Waals surface area contributed by atoms with Gasteiger partial charge in [-0.25, -0.2) is 0 Å². The van der Waals surface area contributed by atoms with Crippen molar-refractivity contribution in [3.8, 4) is 0 Å². The first-order valence-corrected chi connectivity index (χ1v) is 3.51. The standard InChI is InChI=1S/C7H8N4/c1-2-9-7-5-11-10-4-6(7)3-8-1/h3-5,9H,1-2H2. The van der Waals surface area contributed by atoms with Crippen LogP contribution in [0, 0.1) is 0 Å². The number of anilines is 1. The van der Waals surface area contributed by atoms with Gasteiger partial charge in [0, 0.05) is 18.3 Å². The summed E-state index contributed by atoms with van der Waals surface area (Å²) >= 11 is 0. The highest BCUT2D eigenvalue weighted by Crippen LogP contribution is 2.10. The molecule has 1 aromatic rings. The van der Waals surface area contributed by atoms with Gasteiger partial charge in [0.05, 0.1) is 24.6 Å². The molecule has 0 spiro atoms. The molecular weight excluding hydrogens is 140 g/mol. The zero-order chi connectivity index (χ0) is 7.52. The first-order chi connectivity index (χ1) is 5.47. The Morgan fingerprint density at radius 3 is 3.18 bits per heavy atom. The van der Waals surface area contributed by atoms with Gasteiger partial charge in [0.15, 0.2) is 0 Å². The summed E-state index contributed by atoms with van der Waals surface area (Å²) in [6.07, 6.45) is 5.24. The molecule has 0 bridgehead atoms. The molecule has 1 aromatic heterocycles. The largest absolute Gasteiger partial charge is 0.381 e. The summed E-state index contributed by atoms with van der Waals surface area (Å²) < 4.78 is 0. The minimum atomic E-state index is 0.814. The van der Waals surface area contributed by atoms with Crippen LogP contribution in [0.4, 0.5) is 5.69 Å². The number of hydrogen-bond donors (Lipinski definition) is 1. The summed E-state index contributed by atoms with van der Waals surface area (Å²) in [6, 6.07) is 0. The second-order valence-corrected chi connectivity index (χ2v) is 2.32. The molecule has 0 radical (unpaired) electrons. The SMILES string of the molecule is C1=NCCNc2cnncc21. The van der Waals surface area contributed by atoms with E-state index in [1.807, 2.05) is 6.21 Å². The maximum atomic E-state index is 4.16. The lowest BCUT2D eigenvalue weighted by atomic mass is 10.3. The second kappa shape index (κ2) is 2.65. The van der Waals surface area contributed by atoms with Crippen molar-refractivity contribution < 1.29 is 0 Å². The van der Waals surface area contributed by atoms with Crippen LogP contribution in [0.5, 0.6) is 0 Å². The Hall–Kier alpha value is -1.45. The molecule has 4 nitrogen and oxygen atoms in total. The number of hydrogen-bond acceptors (Lipinski definition) is 4. The van der Waals surface area contributed by atoms with E-state index in [1.165, 1.54) is 0 Å². The fourth-order valence-corrected chi connectivity index (χ4v) is 0.999. The van der Waals surface area contributed by atoms with Gasteiger partial charge in [-0.1, -0.05) is 0 Å². The van der Waals surface area contributed by atoms with E-state index in [2.05, 4.69) is 20.5 Å². The Labute approximate surface area is 64.4 Å². The van der Waals surface area contributed by atoms with Crippen LogP contribution in [-0.2, 0) is 0 Å². The highest BCUT2D eigenvalue weighted by atomic mass is 15.1. The Bertz CT molecular complexity index is 282. The number of nitrogens with zero attached hydrogens (tertiary/aromatic N) is 3. The van der Waals surface area contributed by atoms with Crippen molar-refractivity contribution in [2.45, 2.75) is 0 Å². The minimum absolute atomic E-state index is 0.814. The smallest absolute Gasteiger partial charge is 0.0734 e. The van der Waals surface area contributed by atoms with E-state index < -0.39 is 0 Å². The monoisotopic (exact) mass is 148 g/mol. The molecule has 1 aliphatic rings. The van der Waals surface area contributed by atoms with Gasteiger partial charge in [-0.3, -0.25) is 4.99 Å². The van der Waals surface area contributed by atoms with Crippen molar-refractivity contribution in [1.82, 2.24) is 10.2 Å². The molecule has 11 heavy (non-hydrogen) atoms. The molecule has 0 saturated carbocycles. The lowest BCUT2D eigenvalue weighted by molar-refractivity contribution is 1.01. The Kier molecular flexibility index (Phi) is 1.51. The molecule has 56 valence electrons. The Morgan fingerprint density at radius 2 is 2.18 bits per heavy atom. The van der Waals surface area contributed by atoms with Crippen LogP contribution in [0.3, 0.4) is 0 Å². The average Bonchev–Trinajstić information content (AvgIpc) is 2.28. The molecule has 0 amide bonds. The number of fused-ring (bicyclic) bond motifs is 1. The van der Waals surface area contributed by atoms with Crippen LogP contribution in [0.15, 0.2) is 17.4 Å². The third kappa shape index (κ3) is 1.19. The molecule has 0 aliphatic carbocycles. The average molecular weight is 148 g/mol. The van der Waals surface area contributed by atoms with Crippen LogP contribution in [0.2, 0.25) is 0 Å². The first-order valence-electron chi connectivity index (χ1n) is 3.51. The van der Waals surface area contributed by atoms with Gasteiger partial charge in [-0.2, -0.15) is 10.2 Å². The molecule has 0 unspecified atom stereocenters. The lowest BCUT2D eigenvalue weighted by Crippen LogP contribution is -2.03. The molecule has 1 N–H and O–H groups in total. The topological polar surface area (TPSA) is 50.2 Å². The predicted molar refractivity (Wildman–Crippen MR) is 43.0 cm³/mol. The van der Waals surface area contributed by atoms with E-state index in [0.29, 0.717) is 0 Å². The first kappa shape index (κ1) is 6.27. The molecule has 0 atom stereocenters. The van der Waals surface area contributed by atoms with Gasteiger partial charge in [0.2, 0.25) is 0 Å². The third-order valence-corrected chi connectivity index (χ3v) is 1.55. The molecule has 0 saturated heterocycles. The molecule has 4 heteroatoms. The van der Waals surface area contributed by atoms with Gasteiger partial charge < -0.3 is 5.32 Å². The van der Waals surface area contributed by atoms with Crippen LogP contribution >= 0.6 is 0 Å². The number of aliphatic imine (C=N–C) groups is 1. The maximum Gasteiger partial charge on any atom is 0.0734 e. The van der Waals surface area contributed by atoms with Crippen molar-refractivity contribution >= 4 is 11.9 Å². The molecule has 0 aromatic carbocycles. The van der Waals surface area contributed by atoms with Crippen LogP contribution in [0.1, 0.15) is 5.56 Å². The van der Waals surface area contributed by atoms with Crippen LogP contribution in [-0.4, -0.2) is 29.5 Å². The minimum Gasteiger partial charge on any atom is -0.381 e. The molecule has 2 rings (SSSR count). The molecular formula is C7H8N4. The van der Waals surface area contributed by atoms with Gasteiger partial charge in [0.1, 0.15) is 0 Å². The van der Waals surface area contributed by atoms with Crippen molar-refractivity contribution in [2.24, 2.45) is 4.99 Å². The van der Waals surface area contributed by atoms with Gasteiger partial charge in [0.25, 0.3) is 0 Å². The fraction of sp³-hybridized carbons (Fsp3) is 0.286. The lowest BCUT2D eigenvalue weighted by Gasteiger charge is -2.01. The van der Waals surface area contributed by atoms with E-state index >= 15 is 0 Å². The quantitative estimate of drug-likeness (QED) is 0.576. The van der Waals surface area contributed by atoms with Gasteiger partial charge in [-0.15, -0.1) is 0 Å². The number of nitrogens with one attached hydrogen (secondary N) is 1. The van der Waals surface area contributed by atoms with E-state index in [9.17, 15) is 0 Å². The molecule has 2 heterocycles. The van der Waals surface area contributed by atoms with E-state index in [-0.39, 0.29) is 0 Å². The van der Waals surface area contributed by atoms with Crippen molar-refractivity contribution in [3.63, 3.8) is 0 Å². The van der Waals surface area contributed by atoms with Gasteiger partial charge in [-0.05, 0) is 0 Å². The fourth-order valence-electron chi connectivity index (χ4n) is 0.999. The van der Waals surface area contributed by atoms with Crippen molar-refractivity contribution in [2.75, 3.05) is 18.4 Å². The Balaban J connectivity index is 2.45. The van der Waals surface area contributed by atoms with Crippen LogP contribution in [0.25, 0.3) is 0 Å². The van der Waals surface area contributed by atoms with Gasteiger partial charge >= 0.3 is 0 Å². The highest BCUT2D eigenvalue weighted by Gasteiger charge is 2.01. The summed E-state index contributed by atoms with van der Waals surface area (Å²) in [5, 5.41) is 10.7. The molecule has 1 aliphatic heterocycles. The van der Waals surface area contributed by atoms with Crippen LogP contribution < -0.4 is 5.32 Å². The molecule has 0 fully saturated rings. The van der Waals surface area contributed by atoms with E-state index in [4.69, 9.17) is 0 Å². The van der Waals surface area contributed by atoms with Crippen molar-refractivity contribution in [3.05, 3.63) is 18.0 Å². The summed E-state index contributed by atoms with van der Waals surface area (Å²) in [6.45, 7) is 1.68. The zero-order valence-electron chi connectivity index (χ0n) is 5.99. The summed E-state index contributed by atoms with van der Waals surface area (Å²) in [7, 11) is 0. The third-order valence-electron chi connectivity index (χ3n) is 1.55. The summed E-state index contributed by atoms with van der Waals surface area (Å²) in [5.74, 6) is 0. The summed E-state index contributed by atoms with van der Waals surface area (Å²) in [5.41, 5.74) is 2.03. The normalized spacial score (nSPS) is 14.9.